The molecule has 2 aromatic heterocycles. The van der Waals surface area contributed by atoms with Crippen LogP contribution in [0.15, 0.2) is 72.9 Å². The average Bonchev–Trinajstić information content (AvgIpc) is 3.34. The molecule has 0 aliphatic carbocycles. The molecule has 0 unspecified atom stereocenters. The third-order valence-electron chi connectivity index (χ3n) is 7.45. The highest BCUT2D eigenvalue weighted by Gasteiger charge is 2.42. The molecule has 1 saturated heterocycles. The van der Waals surface area contributed by atoms with Crippen molar-refractivity contribution in [2.24, 2.45) is 0 Å². The second-order valence-corrected chi connectivity index (χ2v) is 10.8. The fourth-order valence-corrected chi connectivity index (χ4v) is 6.09. The number of anilines is 1. The molecule has 1 amide bonds. The van der Waals surface area contributed by atoms with Crippen LogP contribution in [0.25, 0.3) is 5.69 Å². The number of aromatic nitrogens is 2. The number of hydrogen-bond acceptors (Lipinski definition) is 3. The smallest absolute Gasteiger partial charge is 0.226 e. The van der Waals surface area contributed by atoms with Gasteiger partial charge in [0, 0.05) is 52.5 Å². The monoisotopic (exact) mass is 557 g/mol. The molecule has 1 aliphatic heterocycles. The number of nitrogens with zero attached hydrogens (tertiary/aromatic N) is 3. The van der Waals surface area contributed by atoms with E-state index in [2.05, 4.69) is 51.9 Å². The van der Waals surface area contributed by atoms with Crippen molar-refractivity contribution in [3.05, 3.63) is 112 Å². The normalized spacial score (nSPS) is 16.8. The second kappa shape index (κ2) is 11.2. The zero-order valence-electron chi connectivity index (χ0n) is 22.5. The lowest BCUT2D eigenvalue weighted by atomic mass is 9.93. The fraction of sp³-hybridized carbons (Fsp3) is 0.258. The summed E-state index contributed by atoms with van der Waals surface area (Å²) in [5.74, 6) is -0.0513. The van der Waals surface area contributed by atoms with Crippen LogP contribution in [-0.2, 0) is 4.79 Å². The zero-order valence-corrected chi connectivity index (χ0v) is 24.1. The number of thiocarbonyl (C=S) groups is 1. The maximum absolute atomic E-state index is 13.0. The Hall–Kier alpha value is -3.68. The van der Waals surface area contributed by atoms with Crippen LogP contribution in [0.4, 0.5) is 5.69 Å². The van der Waals surface area contributed by atoms with E-state index in [9.17, 15) is 4.79 Å². The summed E-state index contributed by atoms with van der Waals surface area (Å²) in [5.41, 5.74) is 8.42. The fourth-order valence-electron chi connectivity index (χ4n) is 5.57. The summed E-state index contributed by atoms with van der Waals surface area (Å²) in [7, 11) is 0. The average molecular weight is 558 g/mol. The first-order valence-electron chi connectivity index (χ1n) is 13.0. The number of benzene rings is 2. The van der Waals surface area contributed by atoms with Crippen molar-refractivity contribution in [1.29, 1.82) is 0 Å². The van der Waals surface area contributed by atoms with Gasteiger partial charge >= 0.3 is 0 Å². The number of amides is 1. The van der Waals surface area contributed by atoms with E-state index < -0.39 is 0 Å². The highest BCUT2D eigenvalue weighted by molar-refractivity contribution is 7.80. The number of carbonyl (C=O) groups excluding carboxylic acids is 1. The predicted octanol–water partition coefficient (Wildman–Crippen LogP) is 6.76. The van der Waals surface area contributed by atoms with Gasteiger partial charge in [-0.2, -0.15) is 0 Å². The summed E-state index contributed by atoms with van der Waals surface area (Å²) in [4.78, 5) is 19.8. The van der Waals surface area contributed by atoms with Crippen LogP contribution in [0.3, 0.4) is 0 Å². The third kappa shape index (κ3) is 5.42. The lowest BCUT2D eigenvalue weighted by molar-refractivity contribution is -0.116. The Bertz CT molecular complexity index is 1530. The molecule has 4 aromatic rings. The molecule has 200 valence electrons. The van der Waals surface area contributed by atoms with Crippen molar-refractivity contribution in [3.63, 3.8) is 0 Å². The van der Waals surface area contributed by atoms with Crippen LogP contribution in [0.5, 0.6) is 0 Å². The lowest BCUT2D eigenvalue weighted by Gasteiger charge is -2.29. The minimum absolute atomic E-state index is 0.0513. The van der Waals surface area contributed by atoms with Crippen molar-refractivity contribution in [2.45, 2.75) is 46.2 Å². The Kier molecular flexibility index (Phi) is 7.73. The summed E-state index contributed by atoms with van der Waals surface area (Å²) in [6.45, 7) is 8.89. The summed E-state index contributed by atoms with van der Waals surface area (Å²) in [5, 5.41) is 7.85. The molecule has 2 atom stereocenters. The summed E-state index contributed by atoms with van der Waals surface area (Å²) >= 11 is 12.2. The molecule has 8 heteroatoms. The van der Waals surface area contributed by atoms with Gasteiger partial charge in [0.05, 0.1) is 17.8 Å². The van der Waals surface area contributed by atoms with Gasteiger partial charge in [0.2, 0.25) is 5.91 Å². The standard InChI is InChI=1S/C31H32ClN5OS/c1-19-9-7-11-24(17-19)34-27(38)14-16-36-30(29(35-31(36)39)26-13-5-6-15-33-26)28-20(2)21(3)37(22(28)4)25-12-8-10-23(32)18-25/h5-13,15,17-18,29-30H,14,16H2,1-4H3,(H,34,38)(H,35,39)/t29-,30+/m1/s1. The van der Waals surface area contributed by atoms with Gasteiger partial charge < -0.3 is 20.1 Å². The summed E-state index contributed by atoms with van der Waals surface area (Å²) in [6.07, 6.45) is 2.10. The van der Waals surface area contributed by atoms with Crippen LogP contribution in [0.1, 0.15) is 52.3 Å². The predicted molar refractivity (Wildman–Crippen MR) is 162 cm³/mol. The second-order valence-electron chi connectivity index (χ2n) is 10.0. The number of carbonyl (C=O) groups is 1. The van der Waals surface area contributed by atoms with E-state index in [1.165, 1.54) is 11.1 Å². The number of rotatable bonds is 7. The number of nitrogens with one attached hydrogen (secondary N) is 2. The first kappa shape index (κ1) is 26.9. The Labute approximate surface area is 240 Å². The molecule has 0 radical (unpaired) electrons. The first-order chi connectivity index (χ1) is 18.7. The summed E-state index contributed by atoms with van der Waals surface area (Å²) in [6, 6.07) is 21.3. The van der Waals surface area contributed by atoms with Crippen molar-refractivity contribution in [3.8, 4) is 5.69 Å². The molecule has 1 fully saturated rings. The molecule has 2 N–H and O–H groups in total. The Morgan fingerprint density at radius 1 is 1.03 bits per heavy atom. The van der Waals surface area contributed by atoms with Gasteiger partial charge in [-0.3, -0.25) is 9.78 Å². The van der Waals surface area contributed by atoms with Gasteiger partial charge in [0.15, 0.2) is 5.11 Å². The van der Waals surface area contributed by atoms with E-state index in [1.807, 2.05) is 67.6 Å². The van der Waals surface area contributed by atoms with E-state index in [1.54, 1.807) is 6.20 Å². The SMILES string of the molecule is Cc1cccc(NC(=O)CCN2C(=S)N[C@H](c3ccccn3)[C@@H]2c2c(C)c(C)n(-c3cccc(Cl)c3)c2C)c1. The molecule has 2 aromatic carbocycles. The number of halogens is 1. The van der Waals surface area contributed by atoms with Crippen LogP contribution < -0.4 is 10.6 Å². The maximum Gasteiger partial charge on any atom is 0.226 e. The van der Waals surface area contributed by atoms with Crippen molar-refractivity contribution < 1.29 is 4.79 Å². The maximum atomic E-state index is 13.0. The van der Waals surface area contributed by atoms with Crippen molar-refractivity contribution in [1.82, 2.24) is 19.8 Å². The molecule has 1 aliphatic rings. The highest BCUT2D eigenvalue weighted by atomic mass is 35.5. The van der Waals surface area contributed by atoms with Crippen molar-refractivity contribution in [2.75, 3.05) is 11.9 Å². The third-order valence-corrected chi connectivity index (χ3v) is 8.04. The molecule has 5 rings (SSSR count). The number of aryl methyl sites for hydroxylation is 1. The Balaban J connectivity index is 1.51. The van der Waals surface area contributed by atoms with Crippen LogP contribution in [0, 0.1) is 27.7 Å². The largest absolute Gasteiger partial charge is 0.352 e. The molecule has 39 heavy (non-hydrogen) atoms. The summed E-state index contributed by atoms with van der Waals surface area (Å²) < 4.78 is 2.25. The highest BCUT2D eigenvalue weighted by Crippen LogP contribution is 2.43. The number of pyridine rings is 1. The van der Waals surface area contributed by atoms with E-state index in [-0.39, 0.29) is 18.0 Å². The van der Waals surface area contributed by atoms with Crippen LogP contribution in [-0.4, -0.2) is 32.0 Å². The van der Waals surface area contributed by atoms with Crippen LogP contribution in [0.2, 0.25) is 5.02 Å². The Morgan fingerprint density at radius 3 is 2.54 bits per heavy atom. The van der Waals surface area contributed by atoms with Gasteiger partial charge in [-0.1, -0.05) is 35.9 Å². The molecule has 0 spiro atoms. The quantitative estimate of drug-likeness (QED) is 0.246. The van der Waals surface area contributed by atoms with Gasteiger partial charge in [-0.15, -0.1) is 0 Å². The van der Waals surface area contributed by atoms with Gasteiger partial charge in [0.25, 0.3) is 0 Å². The molecule has 3 heterocycles. The lowest BCUT2D eigenvalue weighted by Crippen LogP contribution is -2.33. The van der Waals surface area contributed by atoms with Crippen molar-refractivity contribution >= 4 is 40.5 Å². The minimum atomic E-state index is -0.162. The Morgan fingerprint density at radius 2 is 1.82 bits per heavy atom. The topological polar surface area (TPSA) is 62.2 Å². The van der Waals surface area contributed by atoms with Crippen LogP contribution >= 0.6 is 23.8 Å². The number of hydrogen-bond donors (Lipinski definition) is 2. The molecular formula is C31H32ClN5OS. The zero-order chi connectivity index (χ0) is 27.7. The van der Waals surface area contributed by atoms with Gasteiger partial charge in [0.1, 0.15) is 0 Å². The molecule has 0 bridgehead atoms. The van der Waals surface area contributed by atoms with E-state index in [4.69, 9.17) is 23.8 Å². The molecular weight excluding hydrogens is 526 g/mol. The molecule has 0 saturated carbocycles. The minimum Gasteiger partial charge on any atom is -0.352 e. The van der Waals surface area contributed by atoms with Gasteiger partial charge in [-0.05, 0) is 93.5 Å². The van der Waals surface area contributed by atoms with E-state index in [0.29, 0.717) is 23.1 Å². The van der Waals surface area contributed by atoms with Gasteiger partial charge in [-0.25, -0.2) is 0 Å². The van der Waals surface area contributed by atoms with E-state index >= 15 is 0 Å². The molecule has 6 nitrogen and oxygen atoms in total. The van der Waals surface area contributed by atoms with E-state index in [0.717, 1.165) is 34.0 Å². The first-order valence-corrected chi connectivity index (χ1v) is 13.8.